The molecular formula is C14H18N2O3. The number of benzene rings is 1. The third kappa shape index (κ3) is 2.54. The lowest BCUT2D eigenvalue weighted by Crippen LogP contribution is -2.43. The number of para-hydroxylation sites is 1. The van der Waals surface area contributed by atoms with E-state index in [1.165, 1.54) is 0 Å². The van der Waals surface area contributed by atoms with Crippen molar-refractivity contribution >= 4 is 11.6 Å². The lowest BCUT2D eigenvalue weighted by Gasteiger charge is -2.31. The van der Waals surface area contributed by atoms with Crippen molar-refractivity contribution in [3.05, 3.63) is 29.3 Å². The monoisotopic (exact) mass is 262 g/mol. The minimum absolute atomic E-state index is 0.0367. The number of hydrogen-bond donors (Lipinski definition) is 2. The summed E-state index contributed by atoms with van der Waals surface area (Å²) in [6, 6.07) is 5.16. The molecule has 2 N–H and O–H groups in total. The fourth-order valence-corrected chi connectivity index (χ4v) is 2.36. The molecule has 19 heavy (non-hydrogen) atoms. The van der Waals surface area contributed by atoms with Gasteiger partial charge in [0.15, 0.2) is 0 Å². The van der Waals surface area contributed by atoms with Gasteiger partial charge in [-0.05, 0) is 18.6 Å². The number of nitrogens with zero attached hydrogens (tertiary/aromatic N) is 2. The normalized spacial score (nSPS) is 21.7. The number of oxime groups is 1. The first-order valence-corrected chi connectivity index (χ1v) is 6.33. The van der Waals surface area contributed by atoms with Crippen molar-refractivity contribution in [1.82, 2.24) is 4.90 Å². The first-order chi connectivity index (χ1) is 9.04. The summed E-state index contributed by atoms with van der Waals surface area (Å²) in [5, 5.41) is 22.0. The number of aromatic hydroxyl groups is 1. The third-order valence-electron chi connectivity index (χ3n) is 3.58. The van der Waals surface area contributed by atoms with Crippen LogP contribution in [0, 0.1) is 12.8 Å². The second-order valence-corrected chi connectivity index (χ2v) is 4.96. The maximum atomic E-state index is 12.4. The van der Waals surface area contributed by atoms with Crippen LogP contribution in [0.4, 0.5) is 0 Å². The summed E-state index contributed by atoms with van der Waals surface area (Å²) >= 11 is 0. The van der Waals surface area contributed by atoms with Crippen LogP contribution in [0.2, 0.25) is 0 Å². The molecule has 1 aliphatic rings. The summed E-state index contributed by atoms with van der Waals surface area (Å²) in [5.74, 6) is -0.0959. The van der Waals surface area contributed by atoms with E-state index in [1.807, 2.05) is 6.92 Å². The van der Waals surface area contributed by atoms with Gasteiger partial charge in [-0.3, -0.25) is 4.79 Å². The quantitative estimate of drug-likeness (QED) is 0.600. The average molecular weight is 262 g/mol. The van der Waals surface area contributed by atoms with Crippen molar-refractivity contribution in [3.8, 4) is 5.75 Å². The molecule has 1 unspecified atom stereocenters. The van der Waals surface area contributed by atoms with E-state index in [-0.39, 0.29) is 17.6 Å². The Morgan fingerprint density at radius 1 is 1.47 bits per heavy atom. The molecule has 1 aromatic carbocycles. The van der Waals surface area contributed by atoms with Crippen LogP contribution in [0.25, 0.3) is 0 Å². The number of likely N-dealkylation sites (tertiary alicyclic amines) is 1. The number of piperidine rings is 1. The predicted molar refractivity (Wildman–Crippen MR) is 71.7 cm³/mol. The number of aryl methyl sites for hydroxylation is 1. The Balaban J connectivity index is 2.19. The van der Waals surface area contributed by atoms with Crippen LogP contribution in [0.1, 0.15) is 29.3 Å². The van der Waals surface area contributed by atoms with Crippen molar-refractivity contribution in [2.24, 2.45) is 11.1 Å². The Bertz CT molecular complexity index is 525. The summed E-state index contributed by atoms with van der Waals surface area (Å²) in [6.45, 7) is 4.70. The third-order valence-corrected chi connectivity index (χ3v) is 3.58. The average Bonchev–Trinajstić information content (AvgIpc) is 2.41. The maximum absolute atomic E-state index is 12.4. The summed E-state index contributed by atoms with van der Waals surface area (Å²) in [4.78, 5) is 14.1. The molecule has 1 heterocycles. The molecule has 5 heteroatoms. The fraction of sp³-hybridized carbons (Fsp3) is 0.429. The highest BCUT2D eigenvalue weighted by atomic mass is 16.4. The molecule has 102 valence electrons. The van der Waals surface area contributed by atoms with E-state index in [9.17, 15) is 9.90 Å². The molecule has 1 aliphatic heterocycles. The summed E-state index contributed by atoms with van der Waals surface area (Å²) in [6.07, 6.45) is 0.565. The van der Waals surface area contributed by atoms with Gasteiger partial charge in [-0.15, -0.1) is 0 Å². The number of carbonyl (C=O) groups is 1. The van der Waals surface area contributed by atoms with Gasteiger partial charge in [0.05, 0.1) is 11.3 Å². The molecule has 1 fully saturated rings. The highest BCUT2D eigenvalue weighted by Gasteiger charge is 2.27. The van der Waals surface area contributed by atoms with Gasteiger partial charge in [0, 0.05) is 25.4 Å². The van der Waals surface area contributed by atoms with E-state index in [1.54, 1.807) is 30.0 Å². The molecule has 1 aromatic rings. The number of phenols is 1. The summed E-state index contributed by atoms with van der Waals surface area (Å²) in [7, 11) is 0. The second kappa shape index (κ2) is 5.30. The second-order valence-electron chi connectivity index (χ2n) is 4.96. The van der Waals surface area contributed by atoms with Crippen LogP contribution in [-0.4, -0.2) is 39.9 Å². The van der Waals surface area contributed by atoms with Gasteiger partial charge in [-0.25, -0.2) is 0 Å². The first kappa shape index (κ1) is 13.4. The molecule has 0 spiro atoms. The molecule has 0 saturated carbocycles. The van der Waals surface area contributed by atoms with Crippen LogP contribution in [0.5, 0.6) is 5.75 Å². The molecule has 1 saturated heterocycles. The summed E-state index contributed by atoms with van der Waals surface area (Å²) in [5.41, 5.74) is 1.74. The highest BCUT2D eigenvalue weighted by Crippen LogP contribution is 2.24. The van der Waals surface area contributed by atoms with Gasteiger partial charge >= 0.3 is 0 Å². The van der Waals surface area contributed by atoms with Crippen LogP contribution >= 0.6 is 0 Å². The SMILES string of the molecule is Cc1cccc(C(=O)N2CC/C(=N\O)C(C)C2)c1O. The lowest BCUT2D eigenvalue weighted by atomic mass is 9.96. The van der Waals surface area contributed by atoms with Gasteiger partial charge in [0.2, 0.25) is 0 Å². The molecule has 0 bridgehead atoms. The van der Waals surface area contributed by atoms with Crippen molar-refractivity contribution < 1.29 is 15.1 Å². The molecule has 0 radical (unpaired) electrons. The smallest absolute Gasteiger partial charge is 0.257 e. The van der Waals surface area contributed by atoms with Gasteiger partial charge < -0.3 is 15.2 Å². The van der Waals surface area contributed by atoms with Gasteiger partial charge in [0.25, 0.3) is 5.91 Å². The maximum Gasteiger partial charge on any atom is 0.257 e. The highest BCUT2D eigenvalue weighted by molar-refractivity contribution is 5.98. The van der Waals surface area contributed by atoms with E-state index in [4.69, 9.17) is 5.21 Å². The number of amides is 1. The Morgan fingerprint density at radius 2 is 2.21 bits per heavy atom. The number of hydrogen-bond acceptors (Lipinski definition) is 4. The van der Waals surface area contributed by atoms with E-state index in [0.29, 0.717) is 30.6 Å². The molecule has 1 amide bonds. The van der Waals surface area contributed by atoms with Gasteiger partial charge in [0.1, 0.15) is 5.75 Å². The van der Waals surface area contributed by atoms with Crippen LogP contribution < -0.4 is 0 Å². The Kier molecular flexibility index (Phi) is 3.74. The van der Waals surface area contributed by atoms with Crippen LogP contribution in [0.3, 0.4) is 0 Å². The zero-order valence-electron chi connectivity index (χ0n) is 11.1. The molecular weight excluding hydrogens is 244 g/mol. The minimum atomic E-state index is -0.176. The number of carbonyl (C=O) groups excluding carboxylic acids is 1. The Morgan fingerprint density at radius 3 is 2.84 bits per heavy atom. The van der Waals surface area contributed by atoms with Crippen LogP contribution in [-0.2, 0) is 0 Å². The van der Waals surface area contributed by atoms with Crippen molar-refractivity contribution in [3.63, 3.8) is 0 Å². The molecule has 0 aromatic heterocycles. The molecule has 2 rings (SSSR count). The molecule has 0 aliphatic carbocycles. The molecule has 5 nitrogen and oxygen atoms in total. The van der Waals surface area contributed by atoms with E-state index >= 15 is 0 Å². The zero-order chi connectivity index (χ0) is 14.0. The Hall–Kier alpha value is -2.04. The lowest BCUT2D eigenvalue weighted by molar-refractivity contribution is 0.0731. The van der Waals surface area contributed by atoms with E-state index in [2.05, 4.69) is 5.16 Å². The first-order valence-electron chi connectivity index (χ1n) is 6.33. The number of phenolic OH excluding ortho intramolecular Hbond substituents is 1. The van der Waals surface area contributed by atoms with Crippen molar-refractivity contribution in [2.75, 3.05) is 13.1 Å². The van der Waals surface area contributed by atoms with E-state index < -0.39 is 0 Å². The van der Waals surface area contributed by atoms with Crippen LogP contribution in [0.15, 0.2) is 23.4 Å². The van der Waals surface area contributed by atoms with Gasteiger partial charge in [-0.1, -0.05) is 24.2 Å². The predicted octanol–water partition coefficient (Wildman–Crippen LogP) is 2.01. The van der Waals surface area contributed by atoms with Gasteiger partial charge in [-0.2, -0.15) is 0 Å². The van der Waals surface area contributed by atoms with Crippen molar-refractivity contribution in [1.29, 1.82) is 0 Å². The standard InChI is InChI=1S/C14H18N2O3/c1-9-4-3-5-11(13(9)17)14(18)16-7-6-12(15-19)10(2)8-16/h3-5,10,17,19H,6-8H2,1-2H3/b15-12+. The fourth-order valence-electron chi connectivity index (χ4n) is 2.36. The number of rotatable bonds is 1. The summed E-state index contributed by atoms with van der Waals surface area (Å²) < 4.78 is 0. The van der Waals surface area contributed by atoms with E-state index in [0.717, 1.165) is 5.71 Å². The molecule has 1 atom stereocenters. The minimum Gasteiger partial charge on any atom is -0.507 e. The van der Waals surface area contributed by atoms with Crippen molar-refractivity contribution in [2.45, 2.75) is 20.3 Å². The Labute approximate surface area is 112 Å². The largest absolute Gasteiger partial charge is 0.507 e. The topological polar surface area (TPSA) is 73.1 Å². The zero-order valence-corrected chi connectivity index (χ0v) is 11.1.